The van der Waals surface area contributed by atoms with Crippen LogP contribution in [0.1, 0.15) is 124 Å². The molecule has 0 radical (unpaired) electrons. The molecule has 1 aromatic heterocycles. The molecule has 4 N–H and O–H groups in total. The van der Waals surface area contributed by atoms with E-state index in [2.05, 4.69) is 0 Å². The summed E-state index contributed by atoms with van der Waals surface area (Å²) in [5.41, 5.74) is -3.92. The molecule has 0 aliphatic carbocycles. The number of aromatic carboxylic acids is 1. The summed E-state index contributed by atoms with van der Waals surface area (Å²) in [6.45, 7) is 18.0. The number of rotatable bonds is 18. The van der Waals surface area contributed by atoms with E-state index in [0.29, 0.717) is 43.3 Å². The molecule has 2 aromatic rings. The minimum atomic E-state index is -2.03. The van der Waals surface area contributed by atoms with E-state index in [1.807, 2.05) is 56.9 Å². The van der Waals surface area contributed by atoms with Gasteiger partial charge in [-0.15, -0.1) is 0 Å². The molecule has 78 heavy (non-hydrogen) atoms. The number of aromatic nitrogens is 1. The van der Waals surface area contributed by atoms with E-state index >= 15 is 0 Å². The first kappa shape index (κ1) is 64.7. The zero-order chi connectivity index (χ0) is 58.5. The lowest BCUT2D eigenvalue weighted by atomic mass is 9.74. The second kappa shape index (κ2) is 26.6. The highest BCUT2D eigenvalue weighted by atomic mass is 16.7. The van der Waals surface area contributed by atoms with Crippen LogP contribution < -0.4 is 10.4 Å². The molecule has 3 fully saturated rings. The number of likely N-dealkylation sites (N-methyl/N-ethyl adjacent to an activating group) is 1. The number of fused-ring (bicyclic) bond motifs is 1. The van der Waals surface area contributed by atoms with Gasteiger partial charge in [-0.25, -0.2) is 4.79 Å². The maximum atomic E-state index is 14.6. The zero-order valence-electron chi connectivity index (χ0n) is 49.2. The average Bonchev–Trinajstić information content (AvgIpc) is 3.50. The number of methoxy groups -OCH3 is 2. The van der Waals surface area contributed by atoms with Gasteiger partial charge in [0.05, 0.1) is 54.0 Å². The molecule has 18 atom stereocenters. The lowest BCUT2D eigenvalue weighted by Gasteiger charge is -2.50. The first-order valence-corrected chi connectivity index (χ1v) is 27.5. The predicted molar refractivity (Wildman–Crippen MR) is 291 cm³/mol. The molecule has 1 aromatic carbocycles. The average molecular weight is 1110 g/mol. The number of carbonyl (C=O) groups excluding carboxylic acids is 3. The van der Waals surface area contributed by atoms with Crippen LogP contribution in [0, 0.1) is 23.7 Å². The van der Waals surface area contributed by atoms with Crippen LogP contribution in [0.4, 0.5) is 0 Å². The minimum absolute atomic E-state index is 0.0352. The first-order valence-electron chi connectivity index (χ1n) is 27.5. The highest BCUT2D eigenvalue weighted by Gasteiger charge is 2.55. The number of aliphatic hydroxyl groups excluding tert-OH is 2. The third kappa shape index (κ3) is 14.5. The van der Waals surface area contributed by atoms with Gasteiger partial charge in [-0.1, -0.05) is 33.8 Å². The summed E-state index contributed by atoms with van der Waals surface area (Å²) in [5.74, 6) is -6.62. The lowest BCUT2D eigenvalue weighted by Crippen LogP contribution is -2.61. The largest absolute Gasteiger partial charge is 0.477 e. The SMILES string of the molecule is CC[C@H]1OC(=O)[C@H](C)[C@@H](O[C@H]2C[C@@](C)(OC)[C@@H](OC(=O)CCN(C)CCCc3ccc4c(c3)c(=O)c(C(=O)O)cn4N(C)C)[C@H](C)O2)[C@H](C)[C@@H](O[C@@H]2O[C@H](C)C[C@H](N(C)C)[C@H]2O)[C@](C)(OC)C[C@@H](C)C(=O)[C@H](C)[C@@H](O)[C@]1(C)O. The summed E-state index contributed by atoms with van der Waals surface area (Å²) in [6.07, 6.45) is -6.95. The molecule has 0 unspecified atom stereocenters. The Labute approximate surface area is 460 Å². The summed E-state index contributed by atoms with van der Waals surface area (Å²) < 4.78 is 53.1. The molecular formula is C57H92N4O17. The molecule has 3 aliphatic rings. The van der Waals surface area contributed by atoms with Gasteiger partial charge < -0.3 is 73.1 Å². The van der Waals surface area contributed by atoms with Gasteiger partial charge >= 0.3 is 17.9 Å². The third-order valence-corrected chi connectivity index (χ3v) is 16.9. The van der Waals surface area contributed by atoms with Crippen molar-refractivity contribution < 1.29 is 77.5 Å². The van der Waals surface area contributed by atoms with Crippen molar-refractivity contribution in [2.24, 2.45) is 23.7 Å². The Kier molecular flexibility index (Phi) is 22.1. The molecule has 0 spiro atoms. The van der Waals surface area contributed by atoms with Crippen molar-refractivity contribution >= 4 is 34.6 Å². The van der Waals surface area contributed by atoms with E-state index in [1.54, 1.807) is 71.4 Å². The van der Waals surface area contributed by atoms with Crippen molar-refractivity contribution in [1.29, 1.82) is 0 Å². The molecule has 5 rings (SSSR count). The topological polar surface area (TPSA) is 255 Å². The number of aryl methyl sites for hydroxylation is 1. The number of cyclic esters (lactones) is 1. The second-order valence-corrected chi connectivity index (χ2v) is 23.5. The summed E-state index contributed by atoms with van der Waals surface area (Å²) in [5, 5.41) is 47.0. The lowest BCUT2D eigenvalue weighted by molar-refractivity contribution is -0.320. The van der Waals surface area contributed by atoms with Crippen molar-refractivity contribution in [3.8, 4) is 0 Å². The van der Waals surface area contributed by atoms with Crippen LogP contribution in [0.15, 0.2) is 29.2 Å². The Hall–Kier alpha value is -4.13. The van der Waals surface area contributed by atoms with Gasteiger partial charge in [-0.2, -0.15) is 0 Å². The number of carbonyl (C=O) groups is 4. The van der Waals surface area contributed by atoms with Crippen molar-refractivity contribution in [2.45, 2.75) is 198 Å². The third-order valence-electron chi connectivity index (χ3n) is 16.9. The smallest absolute Gasteiger partial charge is 0.341 e. The van der Waals surface area contributed by atoms with Gasteiger partial charge in [0.25, 0.3) is 0 Å². The number of ketones is 1. The molecule has 21 nitrogen and oxygen atoms in total. The van der Waals surface area contributed by atoms with Crippen molar-refractivity contribution in [2.75, 3.05) is 67.6 Å². The summed E-state index contributed by atoms with van der Waals surface area (Å²) >= 11 is 0. The number of hydrogen-bond acceptors (Lipinski definition) is 19. The Morgan fingerprint density at radius 3 is 2.09 bits per heavy atom. The molecule has 0 amide bonds. The van der Waals surface area contributed by atoms with Crippen LogP contribution in [-0.4, -0.2) is 205 Å². The van der Waals surface area contributed by atoms with Crippen LogP contribution in [0.25, 0.3) is 10.9 Å². The fourth-order valence-corrected chi connectivity index (χ4v) is 11.9. The van der Waals surface area contributed by atoms with Crippen LogP contribution in [0.2, 0.25) is 0 Å². The van der Waals surface area contributed by atoms with Gasteiger partial charge in [0.2, 0.25) is 5.43 Å². The first-order chi connectivity index (χ1) is 36.3. The van der Waals surface area contributed by atoms with E-state index in [-0.39, 0.29) is 49.2 Å². The van der Waals surface area contributed by atoms with Crippen LogP contribution in [0.5, 0.6) is 0 Å². The van der Waals surface area contributed by atoms with Gasteiger partial charge in [0, 0.05) is 76.7 Å². The Balaban J connectivity index is 1.36. The number of nitrogens with zero attached hydrogens (tertiary/aromatic N) is 4. The number of Topliss-reactive ketones (excluding diaryl/α,β-unsaturated/α-hetero) is 1. The molecule has 0 saturated carbocycles. The van der Waals surface area contributed by atoms with Crippen LogP contribution >= 0.6 is 0 Å². The van der Waals surface area contributed by atoms with Gasteiger partial charge in [0.15, 0.2) is 18.7 Å². The molecule has 0 bridgehead atoms. The minimum Gasteiger partial charge on any atom is -0.477 e. The maximum Gasteiger partial charge on any atom is 0.341 e. The number of aliphatic hydroxyl groups is 3. The van der Waals surface area contributed by atoms with Crippen molar-refractivity contribution in [3.63, 3.8) is 0 Å². The van der Waals surface area contributed by atoms with Gasteiger partial charge in [-0.05, 0) is 119 Å². The van der Waals surface area contributed by atoms with E-state index in [9.17, 15) is 44.4 Å². The highest BCUT2D eigenvalue weighted by Crippen LogP contribution is 2.42. The second-order valence-electron chi connectivity index (χ2n) is 23.5. The fourth-order valence-electron chi connectivity index (χ4n) is 11.9. The summed E-state index contributed by atoms with van der Waals surface area (Å²) in [7, 11) is 12.1. The molecule has 3 aliphatic heterocycles. The van der Waals surface area contributed by atoms with Crippen LogP contribution in [0.3, 0.4) is 0 Å². The van der Waals surface area contributed by atoms with Crippen molar-refractivity contribution in [3.05, 3.63) is 45.7 Å². The number of pyridine rings is 1. The number of ether oxygens (including phenoxy) is 8. The predicted octanol–water partition coefficient (Wildman–Crippen LogP) is 4.16. The normalized spacial score (nSPS) is 36.6. The maximum absolute atomic E-state index is 14.6. The van der Waals surface area contributed by atoms with E-state index in [4.69, 9.17) is 37.9 Å². The Morgan fingerprint density at radius 2 is 1.50 bits per heavy atom. The summed E-state index contributed by atoms with van der Waals surface area (Å²) in [6, 6.07) is 5.13. The Bertz CT molecular complexity index is 2430. The number of carboxylic acid groups (broad SMARTS) is 1. The van der Waals surface area contributed by atoms with E-state index < -0.39 is 119 Å². The van der Waals surface area contributed by atoms with E-state index in [1.165, 1.54) is 34.3 Å². The van der Waals surface area contributed by atoms with Gasteiger partial charge in [-0.3, -0.25) is 23.9 Å². The number of carboxylic acids is 1. The zero-order valence-corrected chi connectivity index (χ0v) is 49.2. The monoisotopic (exact) mass is 1100 g/mol. The quantitative estimate of drug-likeness (QED) is 0.153. The highest BCUT2D eigenvalue weighted by molar-refractivity contribution is 5.93. The van der Waals surface area contributed by atoms with E-state index in [0.717, 1.165) is 5.56 Å². The fraction of sp³-hybridized carbons (Fsp3) is 0.772. The molecular weight excluding hydrogens is 1010 g/mol. The number of benzene rings is 1. The standard InChI is InChI=1S/C57H92N4O17/c1-18-42-57(10,70)49(66)33(4)45(63)31(2)28-55(8,71-16)50(78-54-47(65)41(58(11)12)26-32(3)73-54)34(5)48(35(6)53(69)75-42)77-44-29-56(9,72-17)51(36(7)74-44)76-43(62)23-25-60(15)24-19-20-37-21-22-40-38(27-37)46(64)39(52(67)68)30-61(40)59(13)14/h21-22,27,30-36,41-42,44,47-51,54,65-66,70H,18-20,23-26,28-29H2,1-17H3,(H,67,68)/t31-,32-,33+,34+,35-,36+,41+,42-,44+,47-,48+,49-,50-,51+,54+,55-,56-,57-/m1/s1. The summed E-state index contributed by atoms with van der Waals surface area (Å²) in [4.78, 5) is 71.4. The molecule has 442 valence electrons. The number of esters is 2. The molecule has 3 saturated heterocycles. The molecule has 4 heterocycles. The van der Waals surface area contributed by atoms with Gasteiger partial charge in [0.1, 0.15) is 34.8 Å². The molecule has 21 heteroatoms. The van der Waals surface area contributed by atoms with Crippen molar-refractivity contribution in [1.82, 2.24) is 14.5 Å². The number of hydrogen-bond donors (Lipinski definition) is 4. The van der Waals surface area contributed by atoms with Crippen LogP contribution in [-0.2, 0) is 58.7 Å². The Morgan fingerprint density at radius 1 is 0.859 bits per heavy atom.